The lowest BCUT2D eigenvalue weighted by molar-refractivity contribution is 0.0698. The van der Waals surface area contributed by atoms with E-state index >= 15 is 0 Å². The van der Waals surface area contributed by atoms with Crippen LogP contribution in [0.3, 0.4) is 0 Å². The molecule has 0 amide bonds. The second-order valence-electron chi connectivity index (χ2n) is 6.42. The maximum Gasteiger partial charge on any atom is 0.337 e. The molecule has 3 aromatic rings. The van der Waals surface area contributed by atoms with Crippen LogP contribution in [0.2, 0.25) is 0 Å². The zero-order valence-corrected chi connectivity index (χ0v) is 15.2. The van der Waals surface area contributed by atoms with Crippen molar-refractivity contribution in [2.75, 3.05) is 5.32 Å². The van der Waals surface area contributed by atoms with Crippen LogP contribution in [0.25, 0.3) is 12.2 Å². The molecule has 0 aliphatic carbocycles. The zero-order chi connectivity index (χ0) is 19.4. The lowest BCUT2D eigenvalue weighted by Gasteiger charge is -2.11. The summed E-state index contributed by atoms with van der Waals surface area (Å²) in [6.07, 6.45) is 3.93. The quantitative estimate of drug-likeness (QED) is 0.544. The molecular formula is C23H20FNO2. The van der Waals surface area contributed by atoms with Crippen molar-refractivity contribution in [3.05, 3.63) is 94.3 Å². The third kappa shape index (κ3) is 4.61. The molecule has 2 N–H and O–H groups in total. The monoisotopic (exact) mass is 361 g/mol. The first-order chi connectivity index (χ1) is 12.9. The molecule has 0 bridgehead atoms. The van der Waals surface area contributed by atoms with Crippen LogP contribution < -0.4 is 5.32 Å². The molecule has 0 aromatic heterocycles. The zero-order valence-electron chi connectivity index (χ0n) is 15.2. The van der Waals surface area contributed by atoms with Crippen LogP contribution in [0.4, 0.5) is 15.8 Å². The van der Waals surface area contributed by atoms with Gasteiger partial charge in [0.1, 0.15) is 5.82 Å². The molecule has 0 saturated carbocycles. The molecule has 4 heteroatoms. The number of hydrogen-bond acceptors (Lipinski definition) is 2. The van der Waals surface area contributed by atoms with Gasteiger partial charge in [0.05, 0.1) is 11.3 Å². The Balaban J connectivity index is 1.90. The number of carbonyl (C=O) groups is 1. The number of nitrogens with one attached hydrogen (secondary N) is 1. The van der Waals surface area contributed by atoms with Crippen LogP contribution in [0, 0.1) is 19.7 Å². The SMILES string of the molecule is Cc1ccc(/C=C/c2ccc(C(=O)O)c(Nc3ccc(F)cc3)c2)cc1C. The highest BCUT2D eigenvalue weighted by Gasteiger charge is 2.10. The minimum absolute atomic E-state index is 0.155. The minimum atomic E-state index is -1.02. The van der Waals surface area contributed by atoms with E-state index in [9.17, 15) is 14.3 Å². The minimum Gasteiger partial charge on any atom is -0.478 e. The predicted molar refractivity (Wildman–Crippen MR) is 108 cm³/mol. The normalized spacial score (nSPS) is 10.9. The van der Waals surface area contributed by atoms with Crippen LogP contribution in [0.1, 0.15) is 32.6 Å². The van der Waals surface area contributed by atoms with Crippen molar-refractivity contribution >= 4 is 29.5 Å². The Morgan fingerprint density at radius 3 is 2.15 bits per heavy atom. The Morgan fingerprint density at radius 1 is 0.889 bits per heavy atom. The second-order valence-corrected chi connectivity index (χ2v) is 6.42. The van der Waals surface area contributed by atoms with Crippen molar-refractivity contribution in [2.45, 2.75) is 13.8 Å². The lowest BCUT2D eigenvalue weighted by atomic mass is 10.0. The number of hydrogen-bond donors (Lipinski definition) is 2. The summed E-state index contributed by atoms with van der Waals surface area (Å²) in [4.78, 5) is 11.5. The van der Waals surface area contributed by atoms with Gasteiger partial charge in [-0.2, -0.15) is 0 Å². The molecule has 0 heterocycles. The van der Waals surface area contributed by atoms with Gasteiger partial charge in [0.25, 0.3) is 0 Å². The van der Waals surface area contributed by atoms with Crippen LogP contribution >= 0.6 is 0 Å². The van der Waals surface area contributed by atoms with E-state index in [1.807, 2.05) is 18.2 Å². The molecule has 136 valence electrons. The van der Waals surface area contributed by atoms with Gasteiger partial charge >= 0.3 is 5.97 Å². The molecule has 27 heavy (non-hydrogen) atoms. The number of carboxylic acids is 1. The Morgan fingerprint density at radius 2 is 1.52 bits per heavy atom. The number of anilines is 2. The van der Waals surface area contributed by atoms with Gasteiger partial charge in [-0.1, -0.05) is 36.4 Å². The van der Waals surface area contributed by atoms with E-state index in [2.05, 4.69) is 31.3 Å². The number of aryl methyl sites for hydroxylation is 2. The first kappa shape index (κ1) is 18.4. The van der Waals surface area contributed by atoms with Crippen molar-refractivity contribution < 1.29 is 14.3 Å². The molecule has 0 radical (unpaired) electrons. The maximum absolute atomic E-state index is 13.1. The van der Waals surface area contributed by atoms with E-state index < -0.39 is 5.97 Å². The van der Waals surface area contributed by atoms with E-state index in [4.69, 9.17) is 0 Å². The summed E-state index contributed by atoms with van der Waals surface area (Å²) < 4.78 is 13.1. The van der Waals surface area contributed by atoms with Gasteiger partial charge in [0.2, 0.25) is 0 Å². The molecule has 3 aromatic carbocycles. The molecule has 0 aliphatic rings. The summed E-state index contributed by atoms with van der Waals surface area (Å²) in [6.45, 7) is 4.14. The van der Waals surface area contributed by atoms with Crippen molar-refractivity contribution in [3.8, 4) is 0 Å². The van der Waals surface area contributed by atoms with E-state index in [-0.39, 0.29) is 11.4 Å². The van der Waals surface area contributed by atoms with Gasteiger partial charge < -0.3 is 10.4 Å². The summed E-state index contributed by atoms with van der Waals surface area (Å²) in [6, 6.07) is 17.1. The third-order valence-electron chi connectivity index (χ3n) is 4.40. The molecule has 0 atom stereocenters. The highest BCUT2D eigenvalue weighted by Crippen LogP contribution is 2.24. The van der Waals surface area contributed by atoms with Gasteiger partial charge in [-0.15, -0.1) is 0 Å². The average Bonchev–Trinajstić information content (AvgIpc) is 2.64. The third-order valence-corrected chi connectivity index (χ3v) is 4.40. The summed E-state index contributed by atoms with van der Waals surface area (Å²) in [5, 5.41) is 12.5. The van der Waals surface area contributed by atoms with E-state index in [1.54, 1.807) is 30.3 Å². The molecule has 3 nitrogen and oxygen atoms in total. The van der Waals surface area contributed by atoms with Gasteiger partial charge in [0.15, 0.2) is 0 Å². The number of rotatable bonds is 5. The summed E-state index contributed by atoms with van der Waals surface area (Å²) in [5.74, 6) is -1.37. The summed E-state index contributed by atoms with van der Waals surface area (Å²) in [5.41, 5.74) is 5.63. The smallest absolute Gasteiger partial charge is 0.337 e. The lowest BCUT2D eigenvalue weighted by Crippen LogP contribution is -2.03. The summed E-state index contributed by atoms with van der Waals surface area (Å²) >= 11 is 0. The standard InChI is InChI=1S/C23H20FNO2/c1-15-3-4-17(13-16(15)2)5-6-18-7-12-21(23(26)27)22(14-18)25-20-10-8-19(24)9-11-20/h3-14,25H,1-2H3,(H,26,27)/b6-5+. The Hall–Kier alpha value is -3.40. The topological polar surface area (TPSA) is 49.3 Å². The van der Waals surface area contributed by atoms with Gasteiger partial charge in [-0.25, -0.2) is 9.18 Å². The van der Waals surface area contributed by atoms with Crippen LogP contribution in [0.15, 0.2) is 60.7 Å². The number of halogens is 1. The highest BCUT2D eigenvalue weighted by molar-refractivity contribution is 5.96. The van der Waals surface area contributed by atoms with Crippen LogP contribution in [-0.4, -0.2) is 11.1 Å². The molecule has 0 unspecified atom stereocenters. The van der Waals surface area contributed by atoms with Crippen molar-refractivity contribution in [3.63, 3.8) is 0 Å². The molecular weight excluding hydrogens is 341 g/mol. The molecule has 0 spiro atoms. The fraction of sp³-hybridized carbons (Fsp3) is 0.0870. The van der Waals surface area contributed by atoms with Gasteiger partial charge in [-0.3, -0.25) is 0 Å². The number of aromatic carboxylic acids is 1. The van der Waals surface area contributed by atoms with Crippen molar-refractivity contribution in [1.82, 2.24) is 0 Å². The average molecular weight is 361 g/mol. The predicted octanol–water partition coefficient (Wildman–Crippen LogP) is 6.05. The molecule has 3 rings (SSSR count). The van der Waals surface area contributed by atoms with Gasteiger partial charge in [-0.05, 0) is 72.5 Å². The van der Waals surface area contributed by atoms with E-state index in [0.717, 1.165) is 11.1 Å². The van der Waals surface area contributed by atoms with Crippen molar-refractivity contribution in [2.24, 2.45) is 0 Å². The maximum atomic E-state index is 13.1. The number of benzene rings is 3. The van der Waals surface area contributed by atoms with Crippen LogP contribution in [0.5, 0.6) is 0 Å². The Kier molecular flexibility index (Phi) is 5.36. The highest BCUT2D eigenvalue weighted by atomic mass is 19.1. The number of carboxylic acid groups (broad SMARTS) is 1. The second kappa shape index (κ2) is 7.87. The first-order valence-corrected chi connectivity index (χ1v) is 8.57. The largest absolute Gasteiger partial charge is 0.478 e. The fourth-order valence-corrected chi connectivity index (χ4v) is 2.70. The van der Waals surface area contributed by atoms with Crippen LogP contribution in [-0.2, 0) is 0 Å². The molecule has 0 aliphatic heterocycles. The van der Waals surface area contributed by atoms with Crippen molar-refractivity contribution in [1.29, 1.82) is 0 Å². The van der Waals surface area contributed by atoms with E-state index in [0.29, 0.717) is 11.4 Å². The van der Waals surface area contributed by atoms with Gasteiger partial charge in [0, 0.05) is 5.69 Å². The first-order valence-electron chi connectivity index (χ1n) is 8.57. The molecule has 0 saturated heterocycles. The Bertz CT molecular complexity index is 1010. The van der Waals surface area contributed by atoms with E-state index in [1.165, 1.54) is 23.3 Å². The Labute approximate surface area is 157 Å². The molecule has 0 fully saturated rings. The summed E-state index contributed by atoms with van der Waals surface area (Å²) in [7, 11) is 0. The fourth-order valence-electron chi connectivity index (χ4n) is 2.70.